The highest BCUT2D eigenvalue weighted by molar-refractivity contribution is 5.48. The summed E-state index contributed by atoms with van der Waals surface area (Å²) in [7, 11) is 1.88. The first-order valence-electron chi connectivity index (χ1n) is 7.00. The average molecular weight is 269 g/mol. The number of hydrogen-bond donors (Lipinski definition) is 2. The molecule has 5 nitrogen and oxygen atoms in total. The lowest BCUT2D eigenvalue weighted by molar-refractivity contribution is 0.821. The van der Waals surface area contributed by atoms with E-state index < -0.39 is 0 Å². The van der Waals surface area contributed by atoms with E-state index in [1.807, 2.05) is 37.5 Å². The molecule has 3 rings (SSSR count). The Morgan fingerprint density at radius 1 is 1.20 bits per heavy atom. The monoisotopic (exact) mass is 269 g/mol. The molecule has 0 saturated heterocycles. The van der Waals surface area contributed by atoms with Crippen molar-refractivity contribution in [2.45, 2.75) is 31.7 Å². The molecule has 0 aromatic carbocycles. The third-order valence-electron chi connectivity index (χ3n) is 3.44. The number of aromatic nitrogens is 3. The summed E-state index contributed by atoms with van der Waals surface area (Å²) in [6.45, 7) is 2.08. The van der Waals surface area contributed by atoms with Crippen LogP contribution in [-0.4, -0.2) is 22.0 Å². The van der Waals surface area contributed by atoms with Crippen LogP contribution in [0.4, 0.5) is 11.6 Å². The normalized spacial score (nSPS) is 15.7. The van der Waals surface area contributed by atoms with Crippen molar-refractivity contribution in [3.05, 3.63) is 42.0 Å². The SMILES string of the molecule is CNc1cc(NC(C)c2ccccn2)nc(C2CC2)n1. The summed E-state index contributed by atoms with van der Waals surface area (Å²) in [6.07, 6.45) is 4.20. The van der Waals surface area contributed by atoms with Gasteiger partial charge in [0.1, 0.15) is 17.5 Å². The Bertz CT molecular complexity index is 580. The molecule has 1 unspecified atom stereocenters. The predicted octanol–water partition coefficient (Wildman–Crippen LogP) is 2.96. The lowest BCUT2D eigenvalue weighted by Crippen LogP contribution is -2.11. The van der Waals surface area contributed by atoms with Gasteiger partial charge in [-0.3, -0.25) is 4.98 Å². The van der Waals surface area contributed by atoms with E-state index in [1.54, 1.807) is 0 Å². The molecule has 104 valence electrons. The molecule has 2 heterocycles. The van der Waals surface area contributed by atoms with E-state index in [2.05, 4.69) is 32.5 Å². The molecule has 1 aliphatic rings. The molecular formula is C15H19N5. The number of rotatable bonds is 5. The molecule has 1 fully saturated rings. The van der Waals surface area contributed by atoms with Crippen molar-refractivity contribution in [2.24, 2.45) is 0 Å². The Labute approximate surface area is 118 Å². The van der Waals surface area contributed by atoms with E-state index in [4.69, 9.17) is 0 Å². The summed E-state index contributed by atoms with van der Waals surface area (Å²) in [4.78, 5) is 13.5. The summed E-state index contributed by atoms with van der Waals surface area (Å²) in [6, 6.07) is 7.98. The zero-order valence-corrected chi connectivity index (χ0v) is 11.8. The molecule has 0 spiro atoms. The van der Waals surface area contributed by atoms with Crippen LogP contribution in [0.1, 0.15) is 43.2 Å². The molecule has 1 atom stereocenters. The summed E-state index contributed by atoms with van der Waals surface area (Å²) in [5, 5.41) is 6.50. The molecule has 5 heteroatoms. The Hall–Kier alpha value is -2.17. The molecule has 0 amide bonds. The van der Waals surface area contributed by atoms with Crippen molar-refractivity contribution >= 4 is 11.6 Å². The number of hydrogen-bond acceptors (Lipinski definition) is 5. The average Bonchev–Trinajstić information content (AvgIpc) is 3.32. The van der Waals surface area contributed by atoms with Gasteiger partial charge in [-0.1, -0.05) is 6.07 Å². The summed E-state index contributed by atoms with van der Waals surface area (Å²) in [5.41, 5.74) is 1.00. The molecule has 0 bridgehead atoms. The summed E-state index contributed by atoms with van der Waals surface area (Å²) in [5.74, 6) is 3.18. The molecule has 2 N–H and O–H groups in total. The minimum Gasteiger partial charge on any atom is -0.373 e. The minimum atomic E-state index is 0.114. The van der Waals surface area contributed by atoms with Crippen molar-refractivity contribution in [3.8, 4) is 0 Å². The van der Waals surface area contributed by atoms with E-state index in [9.17, 15) is 0 Å². The Kier molecular flexibility index (Phi) is 3.50. The quantitative estimate of drug-likeness (QED) is 0.873. The largest absolute Gasteiger partial charge is 0.373 e. The highest BCUT2D eigenvalue weighted by Gasteiger charge is 2.27. The van der Waals surface area contributed by atoms with Gasteiger partial charge in [-0.15, -0.1) is 0 Å². The van der Waals surface area contributed by atoms with Gasteiger partial charge in [0.05, 0.1) is 11.7 Å². The maximum Gasteiger partial charge on any atom is 0.136 e. The van der Waals surface area contributed by atoms with E-state index in [-0.39, 0.29) is 6.04 Å². The summed E-state index contributed by atoms with van der Waals surface area (Å²) < 4.78 is 0. The number of nitrogens with zero attached hydrogens (tertiary/aromatic N) is 3. The highest BCUT2D eigenvalue weighted by Crippen LogP contribution is 2.39. The van der Waals surface area contributed by atoms with Crippen molar-refractivity contribution in [1.82, 2.24) is 15.0 Å². The lowest BCUT2D eigenvalue weighted by Gasteiger charge is -2.15. The lowest BCUT2D eigenvalue weighted by atomic mass is 10.2. The third-order valence-corrected chi connectivity index (χ3v) is 3.44. The van der Waals surface area contributed by atoms with Gasteiger partial charge in [0.25, 0.3) is 0 Å². The van der Waals surface area contributed by atoms with Gasteiger partial charge in [0.2, 0.25) is 0 Å². The van der Waals surface area contributed by atoms with Crippen LogP contribution in [0.25, 0.3) is 0 Å². The molecule has 0 aliphatic heterocycles. The maximum absolute atomic E-state index is 4.62. The fraction of sp³-hybridized carbons (Fsp3) is 0.400. The minimum absolute atomic E-state index is 0.114. The zero-order valence-electron chi connectivity index (χ0n) is 11.8. The number of pyridine rings is 1. The zero-order chi connectivity index (χ0) is 13.9. The van der Waals surface area contributed by atoms with Gasteiger partial charge in [0.15, 0.2) is 0 Å². The Balaban J connectivity index is 1.81. The van der Waals surface area contributed by atoms with Crippen LogP contribution in [0.2, 0.25) is 0 Å². The first-order chi connectivity index (χ1) is 9.76. The van der Waals surface area contributed by atoms with Crippen LogP contribution in [0.15, 0.2) is 30.5 Å². The maximum atomic E-state index is 4.62. The second kappa shape index (κ2) is 5.45. The molecule has 2 aromatic rings. The second-order valence-electron chi connectivity index (χ2n) is 5.14. The molecule has 0 radical (unpaired) electrons. The molecule has 20 heavy (non-hydrogen) atoms. The van der Waals surface area contributed by atoms with Crippen LogP contribution in [0, 0.1) is 0 Å². The van der Waals surface area contributed by atoms with Crippen LogP contribution in [0.3, 0.4) is 0 Å². The van der Waals surface area contributed by atoms with Crippen LogP contribution >= 0.6 is 0 Å². The molecule has 1 aliphatic carbocycles. The third kappa shape index (κ3) is 2.87. The van der Waals surface area contributed by atoms with Crippen LogP contribution in [0.5, 0.6) is 0 Å². The van der Waals surface area contributed by atoms with Gasteiger partial charge in [-0.2, -0.15) is 0 Å². The first kappa shape index (κ1) is 12.8. The Morgan fingerprint density at radius 3 is 2.65 bits per heavy atom. The smallest absolute Gasteiger partial charge is 0.136 e. The van der Waals surface area contributed by atoms with E-state index in [0.29, 0.717) is 5.92 Å². The molecule has 1 saturated carbocycles. The van der Waals surface area contributed by atoms with E-state index >= 15 is 0 Å². The number of anilines is 2. The van der Waals surface area contributed by atoms with Gasteiger partial charge in [0, 0.05) is 25.2 Å². The predicted molar refractivity (Wildman–Crippen MR) is 79.8 cm³/mol. The number of nitrogens with one attached hydrogen (secondary N) is 2. The van der Waals surface area contributed by atoms with Gasteiger partial charge in [-0.25, -0.2) is 9.97 Å². The van der Waals surface area contributed by atoms with Crippen molar-refractivity contribution < 1.29 is 0 Å². The van der Waals surface area contributed by atoms with Crippen molar-refractivity contribution in [2.75, 3.05) is 17.7 Å². The van der Waals surface area contributed by atoms with Crippen molar-refractivity contribution in [3.63, 3.8) is 0 Å². The Morgan fingerprint density at radius 2 is 2.00 bits per heavy atom. The standard InChI is InChI=1S/C15H19N5/c1-10(12-5-3-4-8-17-12)18-14-9-13(16-2)19-15(20-14)11-6-7-11/h3-5,8-11H,6-7H2,1-2H3,(H2,16,18,19,20). The van der Waals surface area contributed by atoms with Crippen LogP contribution in [-0.2, 0) is 0 Å². The topological polar surface area (TPSA) is 62.7 Å². The van der Waals surface area contributed by atoms with Gasteiger partial charge < -0.3 is 10.6 Å². The van der Waals surface area contributed by atoms with Crippen molar-refractivity contribution in [1.29, 1.82) is 0 Å². The second-order valence-corrected chi connectivity index (χ2v) is 5.14. The highest BCUT2D eigenvalue weighted by atomic mass is 15.1. The van der Waals surface area contributed by atoms with Gasteiger partial charge in [-0.05, 0) is 31.9 Å². The van der Waals surface area contributed by atoms with E-state index in [1.165, 1.54) is 12.8 Å². The molecular weight excluding hydrogens is 250 g/mol. The fourth-order valence-electron chi connectivity index (χ4n) is 2.12. The first-order valence-corrected chi connectivity index (χ1v) is 7.00. The fourth-order valence-corrected chi connectivity index (χ4v) is 2.12. The van der Waals surface area contributed by atoms with Crippen LogP contribution < -0.4 is 10.6 Å². The summed E-state index contributed by atoms with van der Waals surface area (Å²) >= 11 is 0. The molecule has 2 aromatic heterocycles. The van der Waals surface area contributed by atoms with Gasteiger partial charge >= 0.3 is 0 Å². The van der Waals surface area contributed by atoms with E-state index in [0.717, 1.165) is 23.2 Å².